The molecule has 8 aromatic rings. The van der Waals surface area contributed by atoms with Gasteiger partial charge in [0.15, 0.2) is 0 Å². The molecule has 0 saturated carbocycles. The molecule has 194 valence electrons. The van der Waals surface area contributed by atoms with Crippen LogP contribution in [0.4, 0.5) is 0 Å². The summed E-state index contributed by atoms with van der Waals surface area (Å²) in [5.41, 5.74) is 12.9. The lowest BCUT2D eigenvalue weighted by Crippen LogP contribution is -1.95. The molecule has 42 heavy (non-hydrogen) atoms. The molecule has 0 fully saturated rings. The molecule has 8 aromatic carbocycles. The number of rotatable bonds is 3. The lowest BCUT2D eigenvalue weighted by Gasteiger charge is -2.22. The second-order valence-electron chi connectivity index (χ2n) is 11.2. The lowest BCUT2D eigenvalue weighted by atomic mass is 9.81. The van der Waals surface area contributed by atoms with Crippen molar-refractivity contribution in [2.24, 2.45) is 0 Å². The maximum absolute atomic E-state index is 2.47. The van der Waals surface area contributed by atoms with Gasteiger partial charge in [-0.2, -0.15) is 0 Å². The van der Waals surface area contributed by atoms with E-state index in [0.717, 1.165) is 0 Å². The SMILES string of the molecule is c1ccc(-c2cc(-c3cc4ccccc4c4ccccc34)c(-c3ccccc3)c3c2-c2cccc4cccc-3c24)cc1. The standard InChI is InChI=1S/C42H26/c1-3-13-27(14-4-1)36-26-38(37-25-30-17-7-8-20-31(30)32-21-9-10-22-33(32)37)40(29-15-5-2-6-16-29)42-35-24-12-19-28-18-11-23-34(39(28)35)41(36)42/h1-26H. The Hall–Kier alpha value is -5.46. The van der Waals surface area contributed by atoms with Crippen LogP contribution in [0.3, 0.4) is 0 Å². The minimum absolute atomic E-state index is 1.24. The fraction of sp³-hybridized carbons (Fsp3) is 0. The summed E-state index contributed by atoms with van der Waals surface area (Å²) in [5.74, 6) is 0. The highest BCUT2D eigenvalue weighted by Crippen LogP contribution is 2.57. The summed E-state index contributed by atoms with van der Waals surface area (Å²) in [7, 11) is 0. The monoisotopic (exact) mass is 530 g/mol. The van der Waals surface area contributed by atoms with E-state index in [1.54, 1.807) is 0 Å². The van der Waals surface area contributed by atoms with Gasteiger partial charge >= 0.3 is 0 Å². The zero-order chi connectivity index (χ0) is 27.6. The second-order valence-corrected chi connectivity index (χ2v) is 11.2. The third-order valence-corrected chi connectivity index (χ3v) is 8.98. The molecule has 0 radical (unpaired) electrons. The molecular weight excluding hydrogens is 504 g/mol. The molecule has 0 heteroatoms. The van der Waals surface area contributed by atoms with Crippen molar-refractivity contribution in [3.05, 3.63) is 158 Å². The van der Waals surface area contributed by atoms with E-state index in [1.807, 2.05) is 0 Å². The fourth-order valence-corrected chi connectivity index (χ4v) is 7.23. The second kappa shape index (κ2) is 9.03. The highest BCUT2D eigenvalue weighted by Gasteiger charge is 2.30. The zero-order valence-corrected chi connectivity index (χ0v) is 23.0. The molecule has 0 amide bonds. The molecule has 0 bridgehead atoms. The van der Waals surface area contributed by atoms with Crippen LogP contribution in [0.5, 0.6) is 0 Å². The van der Waals surface area contributed by atoms with Crippen LogP contribution in [0.15, 0.2) is 158 Å². The minimum Gasteiger partial charge on any atom is -0.0622 e. The van der Waals surface area contributed by atoms with Crippen LogP contribution < -0.4 is 0 Å². The first kappa shape index (κ1) is 23.3. The van der Waals surface area contributed by atoms with Crippen molar-refractivity contribution >= 4 is 32.3 Å². The van der Waals surface area contributed by atoms with Gasteiger partial charge in [0.05, 0.1) is 0 Å². The molecule has 0 unspecified atom stereocenters. The summed E-state index contributed by atoms with van der Waals surface area (Å²) < 4.78 is 0. The normalized spacial score (nSPS) is 11.8. The van der Waals surface area contributed by atoms with Gasteiger partial charge in [-0.05, 0) is 100 Å². The number of hydrogen-bond acceptors (Lipinski definition) is 0. The third-order valence-electron chi connectivity index (χ3n) is 8.98. The van der Waals surface area contributed by atoms with E-state index < -0.39 is 0 Å². The summed E-state index contributed by atoms with van der Waals surface area (Å²) >= 11 is 0. The van der Waals surface area contributed by atoms with Gasteiger partial charge in [-0.1, -0.05) is 146 Å². The first-order chi connectivity index (χ1) is 20.9. The molecule has 0 nitrogen and oxygen atoms in total. The minimum atomic E-state index is 1.24. The molecule has 0 spiro atoms. The van der Waals surface area contributed by atoms with E-state index in [9.17, 15) is 0 Å². The molecule has 1 aliphatic carbocycles. The molecule has 0 heterocycles. The molecule has 9 rings (SSSR count). The Balaban J connectivity index is 1.52. The molecule has 0 N–H and O–H groups in total. The Morgan fingerprint density at radius 2 is 0.833 bits per heavy atom. The molecular formula is C42H26. The quantitative estimate of drug-likeness (QED) is 0.199. The van der Waals surface area contributed by atoms with Crippen LogP contribution >= 0.6 is 0 Å². The van der Waals surface area contributed by atoms with Crippen molar-refractivity contribution in [2.45, 2.75) is 0 Å². The van der Waals surface area contributed by atoms with Crippen molar-refractivity contribution in [3.8, 4) is 55.6 Å². The first-order valence-electron chi connectivity index (χ1n) is 14.6. The summed E-state index contributed by atoms with van der Waals surface area (Å²) in [6.07, 6.45) is 0. The molecule has 0 saturated heterocycles. The van der Waals surface area contributed by atoms with Crippen LogP contribution in [0, 0.1) is 0 Å². The Bertz CT molecular complexity index is 2320. The van der Waals surface area contributed by atoms with Gasteiger partial charge in [0.2, 0.25) is 0 Å². The topological polar surface area (TPSA) is 0 Å². The highest BCUT2D eigenvalue weighted by molar-refractivity contribution is 6.24. The summed E-state index contributed by atoms with van der Waals surface area (Å²) in [5, 5.41) is 7.76. The summed E-state index contributed by atoms with van der Waals surface area (Å²) in [6.45, 7) is 0. The Kier molecular flexibility index (Phi) is 5.00. The van der Waals surface area contributed by atoms with Crippen LogP contribution in [0.2, 0.25) is 0 Å². The third kappa shape index (κ3) is 3.30. The van der Waals surface area contributed by atoms with E-state index in [0.29, 0.717) is 0 Å². The molecule has 0 aromatic heterocycles. The predicted octanol–water partition coefficient (Wildman–Crippen LogP) is 11.8. The van der Waals surface area contributed by atoms with Gasteiger partial charge in [0, 0.05) is 0 Å². The van der Waals surface area contributed by atoms with E-state index in [1.165, 1.54) is 88.0 Å². The van der Waals surface area contributed by atoms with Gasteiger partial charge in [-0.15, -0.1) is 0 Å². The highest BCUT2D eigenvalue weighted by atomic mass is 14.3. The van der Waals surface area contributed by atoms with Crippen molar-refractivity contribution in [1.29, 1.82) is 0 Å². The van der Waals surface area contributed by atoms with Crippen LogP contribution in [-0.4, -0.2) is 0 Å². The van der Waals surface area contributed by atoms with E-state index in [4.69, 9.17) is 0 Å². The Morgan fingerprint density at radius 3 is 1.57 bits per heavy atom. The van der Waals surface area contributed by atoms with Gasteiger partial charge in [-0.3, -0.25) is 0 Å². The first-order valence-corrected chi connectivity index (χ1v) is 14.6. The van der Waals surface area contributed by atoms with Crippen molar-refractivity contribution in [3.63, 3.8) is 0 Å². The van der Waals surface area contributed by atoms with Gasteiger partial charge in [0.1, 0.15) is 0 Å². The maximum atomic E-state index is 2.47. The lowest BCUT2D eigenvalue weighted by molar-refractivity contribution is 1.58. The smallest absolute Gasteiger partial charge is 0.000763 e. The fourth-order valence-electron chi connectivity index (χ4n) is 7.23. The van der Waals surface area contributed by atoms with Crippen molar-refractivity contribution in [2.75, 3.05) is 0 Å². The largest absolute Gasteiger partial charge is 0.0622 e. The number of fused-ring (bicyclic) bond motifs is 6. The van der Waals surface area contributed by atoms with Gasteiger partial charge < -0.3 is 0 Å². The van der Waals surface area contributed by atoms with E-state index >= 15 is 0 Å². The van der Waals surface area contributed by atoms with Crippen LogP contribution in [0.1, 0.15) is 0 Å². The van der Waals surface area contributed by atoms with Crippen molar-refractivity contribution in [1.82, 2.24) is 0 Å². The average Bonchev–Trinajstić information content (AvgIpc) is 3.40. The Labute approximate surface area is 245 Å². The van der Waals surface area contributed by atoms with Crippen LogP contribution in [-0.2, 0) is 0 Å². The maximum Gasteiger partial charge on any atom is -0.000763 e. The van der Waals surface area contributed by atoms with Gasteiger partial charge in [-0.25, -0.2) is 0 Å². The van der Waals surface area contributed by atoms with E-state index in [2.05, 4.69) is 158 Å². The number of hydrogen-bond donors (Lipinski definition) is 0. The Morgan fingerprint density at radius 1 is 0.262 bits per heavy atom. The molecule has 0 atom stereocenters. The number of benzene rings is 8. The predicted molar refractivity (Wildman–Crippen MR) is 180 cm³/mol. The average molecular weight is 531 g/mol. The van der Waals surface area contributed by atoms with E-state index in [-0.39, 0.29) is 0 Å². The summed E-state index contributed by atoms with van der Waals surface area (Å²) in [6, 6.07) is 58.0. The van der Waals surface area contributed by atoms with Gasteiger partial charge in [0.25, 0.3) is 0 Å². The zero-order valence-electron chi connectivity index (χ0n) is 23.0. The molecule has 0 aliphatic heterocycles. The van der Waals surface area contributed by atoms with Crippen molar-refractivity contribution < 1.29 is 0 Å². The van der Waals surface area contributed by atoms with Crippen LogP contribution in [0.25, 0.3) is 88.0 Å². The molecule has 1 aliphatic rings. The summed E-state index contributed by atoms with van der Waals surface area (Å²) in [4.78, 5) is 0.